The molecular formula is C24H22F2N2O3. The zero-order valence-electron chi connectivity index (χ0n) is 17.0. The molecule has 0 unspecified atom stereocenters. The molecule has 0 saturated heterocycles. The van der Waals surface area contributed by atoms with Gasteiger partial charge in [0.1, 0.15) is 5.56 Å². The van der Waals surface area contributed by atoms with Gasteiger partial charge in [0.2, 0.25) is 6.43 Å². The monoisotopic (exact) mass is 424 g/mol. The van der Waals surface area contributed by atoms with E-state index in [1.165, 1.54) is 11.6 Å². The molecule has 1 aliphatic carbocycles. The first kappa shape index (κ1) is 20.9. The van der Waals surface area contributed by atoms with Gasteiger partial charge in [-0.3, -0.25) is 9.78 Å². The van der Waals surface area contributed by atoms with Gasteiger partial charge in [-0.1, -0.05) is 24.3 Å². The SMILES string of the molecule is CC(F)F.O=C(O)c1cn2c(cc1=O)-c1ccc(-c3cccnc3)cc1CC21CCC1. The predicted molar refractivity (Wildman–Crippen MR) is 114 cm³/mol. The highest BCUT2D eigenvalue weighted by molar-refractivity contribution is 5.88. The van der Waals surface area contributed by atoms with Crippen LogP contribution in [0.15, 0.2) is 59.8 Å². The Labute approximate surface area is 178 Å². The number of rotatable bonds is 2. The summed E-state index contributed by atoms with van der Waals surface area (Å²) in [5.74, 6) is -1.16. The van der Waals surface area contributed by atoms with Crippen molar-refractivity contribution >= 4 is 5.97 Å². The van der Waals surface area contributed by atoms with Gasteiger partial charge in [0.25, 0.3) is 0 Å². The van der Waals surface area contributed by atoms with E-state index < -0.39 is 17.8 Å². The number of carboxylic acids is 1. The Balaban J connectivity index is 0.000000535. The van der Waals surface area contributed by atoms with Crippen molar-refractivity contribution in [3.63, 3.8) is 0 Å². The lowest BCUT2D eigenvalue weighted by Gasteiger charge is -2.48. The molecule has 3 aromatic rings. The van der Waals surface area contributed by atoms with Crippen LogP contribution in [0.5, 0.6) is 0 Å². The van der Waals surface area contributed by atoms with Crippen molar-refractivity contribution < 1.29 is 18.7 Å². The van der Waals surface area contributed by atoms with Crippen LogP contribution >= 0.6 is 0 Å². The molecule has 1 aliphatic heterocycles. The minimum atomic E-state index is -2.17. The largest absolute Gasteiger partial charge is 0.477 e. The van der Waals surface area contributed by atoms with E-state index in [1.807, 2.05) is 35.0 Å². The molecule has 1 saturated carbocycles. The van der Waals surface area contributed by atoms with Gasteiger partial charge >= 0.3 is 5.97 Å². The third-order valence-electron chi connectivity index (χ3n) is 5.97. The van der Waals surface area contributed by atoms with Gasteiger partial charge in [0.05, 0.1) is 5.69 Å². The lowest BCUT2D eigenvalue weighted by atomic mass is 9.69. The van der Waals surface area contributed by atoms with E-state index in [0.717, 1.165) is 55.0 Å². The first-order valence-electron chi connectivity index (χ1n) is 10.1. The van der Waals surface area contributed by atoms with Gasteiger partial charge in [-0.25, -0.2) is 13.6 Å². The minimum absolute atomic E-state index is 0.117. The van der Waals surface area contributed by atoms with Gasteiger partial charge in [0.15, 0.2) is 5.43 Å². The highest BCUT2D eigenvalue weighted by Gasteiger charge is 2.43. The van der Waals surface area contributed by atoms with Crippen LogP contribution in [0.25, 0.3) is 22.4 Å². The lowest BCUT2D eigenvalue weighted by Crippen LogP contribution is -2.46. The summed E-state index contributed by atoms with van der Waals surface area (Å²) in [6, 6.07) is 11.7. The molecule has 1 aromatic carbocycles. The standard InChI is InChI=1S/C22H18N2O3.C2H4F2/c25-20-10-19-17-5-4-14(15-3-1-8-23-12-15)9-16(17)11-22(6-2-7-22)24(19)13-18(20)21(26)27;1-2(3)4/h1,3-5,8-10,12-13H,2,6-7,11H2,(H,26,27);2H,1H3. The summed E-state index contributed by atoms with van der Waals surface area (Å²) in [5, 5.41) is 9.37. The number of benzene rings is 1. The molecular weight excluding hydrogens is 402 g/mol. The first-order chi connectivity index (χ1) is 14.8. The van der Waals surface area contributed by atoms with Crippen molar-refractivity contribution in [1.82, 2.24) is 9.55 Å². The summed E-state index contributed by atoms with van der Waals surface area (Å²) in [4.78, 5) is 28.0. The highest BCUT2D eigenvalue weighted by Crippen LogP contribution is 2.49. The average molecular weight is 424 g/mol. The second-order valence-corrected chi connectivity index (χ2v) is 8.00. The molecule has 2 aromatic heterocycles. The number of carboxylic acid groups (broad SMARTS) is 1. The molecule has 0 bridgehead atoms. The van der Waals surface area contributed by atoms with Crippen molar-refractivity contribution in [2.24, 2.45) is 0 Å². The molecule has 0 atom stereocenters. The number of nitrogens with zero attached hydrogens (tertiary/aromatic N) is 2. The van der Waals surface area contributed by atoms with E-state index >= 15 is 0 Å². The Kier molecular flexibility index (Phi) is 5.43. The quantitative estimate of drug-likeness (QED) is 0.630. The number of aromatic carboxylic acids is 1. The third-order valence-corrected chi connectivity index (χ3v) is 5.97. The van der Waals surface area contributed by atoms with Crippen molar-refractivity contribution in [2.75, 3.05) is 0 Å². The lowest BCUT2D eigenvalue weighted by molar-refractivity contribution is 0.0691. The zero-order valence-corrected chi connectivity index (χ0v) is 17.0. The number of hydrogen-bond donors (Lipinski definition) is 1. The van der Waals surface area contributed by atoms with Crippen molar-refractivity contribution in [1.29, 1.82) is 0 Å². The summed E-state index contributed by atoms with van der Waals surface area (Å²) in [5.41, 5.74) is 4.50. The van der Waals surface area contributed by atoms with Crippen LogP contribution < -0.4 is 5.43 Å². The molecule has 2 aliphatic rings. The molecule has 3 heterocycles. The smallest absolute Gasteiger partial charge is 0.341 e. The molecule has 5 rings (SSSR count). The molecule has 0 radical (unpaired) electrons. The topological polar surface area (TPSA) is 72.2 Å². The van der Waals surface area contributed by atoms with E-state index in [1.54, 1.807) is 12.4 Å². The third kappa shape index (κ3) is 3.87. The van der Waals surface area contributed by atoms with Crippen molar-refractivity contribution in [2.45, 2.75) is 44.6 Å². The van der Waals surface area contributed by atoms with Crippen LogP contribution in [0.2, 0.25) is 0 Å². The second-order valence-electron chi connectivity index (χ2n) is 8.00. The Morgan fingerprint density at radius 2 is 1.94 bits per heavy atom. The van der Waals surface area contributed by atoms with Crippen LogP contribution in [0.4, 0.5) is 8.78 Å². The highest BCUT2D eigenvalue weighted by atomic mass is 19.3. The fourth-order valence-electron chi connectivity index (χ4n) is 4.44. The number of hydrogen-bond acceptors (Lipinski definition) is 3. The molecule has 160 valence electrons. The molecule has 1 N–H and O–H groups in total. The summed E-state index contributed by atoms with van der Waals surface area (Å²) >= 11 is 0. The number of pyridine rings is 2. The summed E-state index contributed by atoms with van der Waals surface area (Å²) < 4.78 is 22.7. The normalized spacial score (nSPS) is 15.4. The van der Waals surface area contributed by atoms with Gasteiger partial charge in [-0.2, -0.15) is 0 Å². The van der Waals surface area contributed by atoms with Crippen LogP contribution in [0, 0.1) is 0 Å². The van der Waals surface area contributed by atoms with Gasteiger partial charge in [-0.05, 0) is 55.4 Å². The fourth-order valence-corrected chi connectivity index (χ4v) is 4.44. The second kappa shape index (κ2) is 8.06. The number of halogens is 2. The maximum Gasteiger partial charge on any atom is 0.341 e. The molecule has 1 spiro atoms. The van der Waals surface area contributed by atoms with Gasteiger partial charge in [0, 0.05) is 35.8 Å². The van der Waals surface area contributed by atoms with Crippen molar-refractivity contribution in [3.8, 4) is 22.4 Å². The van der Waals surface area contributed by atoms with Gasteiger partial charge in [-0.15, -0.1) is 0 Å². The maximum absolute atomic E-state index is 12.3. The predicted octanol–water partition coefficient (Wildman–Crippen LogP) is 4.98. The van der Waals surface area contributed by atoms with E-state index in [9.17, 15) is 23.5 Å². The average Bonchev–Trinajstić information content (AvgIpc) is 2.71. The van der Waals surface area contributed by atoms with Gasteiger partial charge < -0.3 is 9.67 Å². The van der Waals surface area contributed by atoms with Crippen LogP contribution in [0.1, 0.15) is 42.1 Å². The Morgan fingerprint density at radius 3 is 2.52 bits per heavy atom. The summed E-state index contributed by atoms with van der Waals surface area (Å²) in [7, 11) is 0. The van der Waals surface area contributed by atoms with E-state index in [4.69, 9.17) is 0 Å². The maximum atomic E-state index is 12.3. The fraction of sp³-hybridized carbons (Fsp3) is 0.292. The summed E-state index contributed by atoms with van der Waals surface area (Å²) in [6.07, 6.45) is 6.96. The number of alkyl halides is 2. The number of carbonyl (C=O) groups is 1. The minimum Gasteiger partial charge on any atom is -0.477 e. The van der Waals surface area contributed by atoms with E-state index in [2.05, 4.69) is 11.1 Å². The molecule has 1 fully saturated rings. The van der Waals surface area contributed by atoms with E-state index in [0.29, 0.717) is 0 Å². The Hall–Kier alpha value is -3.35. The van der Waals surface area contributed by atoms with Crippen molar-refractivity contribution in [3.05, 3.63) is 76.3 Å². The molecule has 0 amide bonds. The van der Waals surface area contributed by atoms with Crippen LogP contribution in [0.3, 0.4) is 0 Å². The molecule has 31 heavy (non-hydrogen) atoms. The molecule has 5 nitrogen and oxygen atoms in total. The Morgan fingerprint density at radius 1 is 1.19 bits per heavy atom. The van der Waals surface area contributed by atoms with Crippen LogP contribution in [-0.4, -0.2) is 27.1 Å². The molecule has 7 heteroatoms. The summed E-state index contributed by atoms with van der Waals surface area (Å²) in [6.45, 7) is 0.833. The number of fused-ring (bicyclic) bond motifs is 4. The first-order valence-corrected chi connectivity index (χ1v) is 10.1. The van der Waals surface area contributed by atoms with Crippen LogP contribution in [-0.2, 0) is 12.0 Å². The zero-order chi connectivity index (χ0) is 22.2. The number of aromatic nitrogens is 2. The van der Waals surface area contributed by atoms with E-state index in [-0.39, 0.29) is 11.1 Å². The Bertz CT molecular complexity index is 1180.